The van der Waals surface area contributed by atoms with Crippen LogP contribution in [0.3, 0.4) is 0 Å². The van der Waals surface area contributed by atoms with Gasteiger partial charge in [-0.05, 0) is 49.4 Å². The standard InChI is InChI=1S/C18H18BrNO4S2/c1-10-6-7-13(19)11(2)16(10)20(12(3)17(22)23)15(21)9-26-18(24)14-5-4-8-25-14/h4-8,12H,9H2,1-3H3,(H,22,23)/t12-/m0/s1. The summed E-state index contributed by atoms with van der Waals surface area (Å²) in [7, 11) is 0. The molecule has 1 atom stereocenters. The second kappa shape index (κ2) is 8.83. The molecule has 2 rings (SSSR count). The number of thiophene rings is 1. The van der Waals surface area contributed by atoms with E-state index in [4.69, 9.17) is 0 Å². The second-order valence-electron chi connectivity index (χ2n) is 5.67. The number of hydrogen-bond acceptors (Lipinski definition) is 5. The topological polar surface area (TPSA) is 74.7 Å². The molecular weight excluding hydrogens is 438 g/mol. The van der Waals surface area contributed by atoms with Crippen LogP contribution in [0, 0.1) is 13.8 Å². The summed E-state index contributed by atoms with van der Waals surface area (Å²) in [5.41, 5.74) is 2.13. The number of carbonyl (C=O) groups excluding carboxylic acids is 2. The van der Waals surface area contributed by atoms with E-state index in [1.54, 1.807) is 17.5 Å². The number of aryl methyl sites for hydroxylation is 1. The van der Waals surface area contributed by atoms with Crippen molar-refractivity contribution in [2.75, 3.05) is 10.7 Å². The van der Waals surface area contributed by atoms with Crippen molar-refractivity contribution in [1.82, 2.24) is 0 Å². The number of anilines is 1. The van der Waals surface area contributed by atoms with Gasteiger partial charge in [0, 0.05) is 4.47 Å². The maximum absolute atomic E-state index is 12.9. The zero-order chi connectivity index (χ0) is 19.4. The van der Waals surface area contributed by atoms with Gasteiger partial charge in [0.1, 0.15) is 6.04 Å². The van der Waals surface area contributed by atoms with E-state index in [9.17, 15) is 19.5 Å². The Labute approximate surface area is 168 Å². The molecule has 0 radical (unpaired) electrons. The molecule has 0 saturated heterocycles. The highest BCUT2D eigenvalue weighted by Crippen LogP contribution is 2.32. The number of benzene rings is 1. The van der Waals surface area contributed by atoms with Gasteiger partial charge in [-0.2, -0.15) is 0 Å². The SMILES string of the molecule is Cc1ccc(Br)c(C)c1N(C(=O)CSC(=O)c1cccs1)[C@@H](C)C(=O)O. The fourth-order valence-corrected chi connectivity index (χ4v) is 4.29. The largest absolute Gasteiger partial charge is 0.480 e. The molecular formula is C18H18BrNO4S2. The smallest absolute Gasteiger partial charge is 0.326 e. The van der Waals surface area contributed by atoms with E-state index in [0.29, 0.717) is 10.6 Å². The highest BCUT2D eigenvalue weighted by Gasteiger charge is 2.30. The monoisotopic (exact) mass is 455 g/mol. The summed E-state index contributed by atoms with van der Waals surface area (Å²) in [5.74, 6) is -1.65. The molecule has 0 aliphatic rings. The molecule has 8 heteroatoms. The summed E-state index contributed by atoms with van der Waals surface area (Å²) in [4.78, 5) is 38.4. The number of amides is 1. The molecule has 26 heavy (non-hydrogen) atoms. The van der Waals surface area contributed by atoms with Gasteiger partial charge >= 0.3 is 5.97 Å². The van der Waals surface area contributed by atoms with Gasteiger partial charge in [-0.25, -0.2) is 4.79 Å². The lowest BCUT2D eigenvalue weighted by Gasteiger charge is -2.30. The number of aliphatic carboxylic acids is 1. The van der Waals surface area contributed by atoms with Crippen molar-refractivity contribution < 1.29 is 19.5 Å². The molecule has 1 N–H and O–H groups in total. The van der Waals surface area contributed by atoms with E-state index in [1.807, 2.05) is 26.0 Å². The number of thioether (sulfide) groups is 1. The van der Waals surface area contributed by atoms with Crippen LogP contribution in [-0.2, 0) is 9.59 Å². The van der Waals surface area contributed by atoms with Crippen LogP contribution in [0.25, 0.3) is 0 Å². The molecule has 1 heterocycles. The average molecular weight is 456 g/mol. The molecule has 0 fully saturated rings. The van der Waals surface area contributed by atoms with E-state index in [0.717, 1.165) is 27.4 Å². The fourth-order valence-electron chi connectivity index (χ4n) is 2.49. The van der Waals surface area contributed by atoms with E-state index in [1.165, 1.54) is 23.2 Å². The Hall–Kier alpha value is -1.64. The summed E-state index contributed by atoms with van der Waals surface area (Å²) in [6.07, 6.45) is 0. The molecule has 0 spiro atoms. The van der Waals surface area contributed by atoms with Gasteiger partial charge in [0.25, 0.3) is 0 Å². The predicted octanol–water partition coefficient (Wildman–Crippen LogP) is 4.51. The number of halogens is 1. The third-order valence-corrected chi connectivity index (χ3v) is 6.60. The summed E-state index contributed by atoms with van der Waals surface area (Å²) < 4.78 is 0.788. The fraction of sp³-hybridized carbons (Fsp3) is 0.278. The zero-order valence-corrected chi connectivity index (χ0v) is 17.7. The van der Waals surface area contributed by atoms with Gasteiger partial charge in [0.05, 0.1) is 16.3 Å². The van der Waals surface area contributed by atoms with Crippen molar-refractivity contribution in [1.29, 1.82) is 0 Å². The molecule has 2 aromatic rings. The lowest BCUT2D eigenvalue weighted by atomic mass is 10.1. The van der Waals surface area contributed by atoms with Gasteiger partial charge in [0.15, 0.2) is 0 Å². The first-order chi connectivity index (χ1) is 12.2. The molecule has 5 nitrogen and oxygen atoms in total. The molecule has 0 unspecified atom stereocenters. The number of nitrogens with zero attached hydrogens (tertiary/aromatic N) is 1. The minimum Gasteiger partial charge on any atom is -0.480 e. The Balaban J connectivity index is 2.31. The van der Waals surface area contributed by atoms with Gasteiger partial charge in [-0.3, -0.25) is 14.5 Å². The number of hydrogen-bond donors (Lipinski definition) is 1. The quantitative estimate of drug-likeness (QED) is 0.693. The number of rotatable bonds is 6. The Morgan fingerprint density at radius 1 is 1.27 bits per heavy atom. The van der Waals surface area contributed by atoms with E-state index in [-0.39, 0.29) is 10.9 Å². The molecule has 0 aliphatic heterocycles. The van der Waals surface area contributed by atoms with Crippen molar-refractivity contribution >= 4 is 61.7 Å². The van der Waals surface area contributed by atoms with Crippen molar-refractivity contribution in [2.24, 2.45) is 0 Å². The molecule has 1 aromatic carbocycles. The van der Waals surface area contributed by atoms with Crippen molar-refractivity contribution in [2.45, 2.75) is 26.8 Å². The summed E-state index contributed by atoms with van der Waals surface area (Å²) in [6, 6.07) is 6.10. The Bertz CT molecular complexity index is 836. The van der Waals surface area contributed by atoms with Crippen LogP contribution in [0.2, 0.25) is 0 Å². The van der Waals surface area contributed by atoms with Gasteiger partial charge < -0.3 is 5.11 Å². The molecule has 0 aliphatic carbocycles. The lowest BCUT2D eigenvalue weighted by Crippen LogP contribution is -2.45. The Morgan fingerprint density at radius 2 is 1.96 bits per heavy atom. The minimum atomic E-state index is -1.10. The Morgan fingerprint density at radius 3 is 2.54 bits per heavy atom. The lowest BCUT2D eigenvalue weighted by molar-refractivity contribution is -0.139. The van der Waals surface area contributed by atoms with Gasteiger partial charge in [-0.15, -0.1) is 11.3 Å². The van der Waals surface area contributed by atoms with Gasteiger partial charge in [0.2, 0.25) is 11.0 Å². The normalized spacial score (nSPS) is 11.8. The zero-order valence-electron chi connectivity index (χ0n) is 14.5. The number of carboxylic acids is 1. The minimum absolute atomic E-state index is 0.125. The third kappa shape index (κ3) is 4.55. The first-order valence-electron chi connectivity index (χ1n) is 7.75. The van der Waals surface area contributed by atoms with Gasteiger partial charge in [-0.1, -0.05) is 39.8 Å². The first-order valence-corrected chi connectivity index (χ1v) is 10.4. The van der Waals surface area contributed by atoms with Crippen LogP contribution in [0.4, 0.5) is 5.69 Å². The average Bonchev–Trinajstić information content (AvgIpc) is 3.13. The van der Waals surface area contributed by atoms with Crippen LogP contribution in [-0.4, -0.2) is 33.9 Å². The summed E-state index contributed by atoms with van der Waals surface area (Å²) in [5, 5.41) is 11.1. The molecule has 0 bridgehead atoms. The molecule has 1 amide bonds. The van der Waals surface area contributed by atoms with E-state index < -0.39 is 17.9 Å². The third-order valence-electron chi connectivity index (χ3n) is 3.87. The van der Waals surface area contributed by atoms with Crippen LogP contribution < -0.4 is 4.90 Å². The highest BCUT2D eigenvalue weighted by molar-refractivity contribution is 9.10. The molecule has 0 saturated carbocycles. The maximum Gasteiger partial charge on any atom is 0.326 e. The van der Waals surface area contributed by atoms with Crippen LogP contribution in [0.15, 0.2) is 34.1 Å². The van der Waals surface area contributed by atoms with Crippen molar-refractivity contribution in [3.05, 3.63) is 50.1 Å². The predicted molar refractivity (Wildman–Crippen MR) is 109 cm³/mol. The number of carbonyl (C=O) groups is 3. The second-order valence-corrected chi connectivity index (χ2v) is 8.42. The first kappa shape index (κ1) is 20.7. The van der Waals surface area contributed by atoms with Crippen molar-refractivity contribution in [3.63, 3.8) is 0 Å². The van der Waals surface area contributed by atoms with Crippen LogP contribution >= 0.6 is 39.0 Å². The van der Waals surface area contributed by atoms with Crippen LogP contribution in [0.1, 0.15) is 27.7 Å². The van der Waals surface area contributed by atoms with Crippen molar-refractivity contribution in [3.8, 4) is 0 Å². The number of carboxylic acid groups (broad SMARTS) is 1. The highest BCUT2D eigenvalue weighted by atomic mass is 79.9. The maximum atomic E-state index is 12.9. The van der Waals surface area contributed by atoms with Crippen LogP contribution in [0.5, 0.6) is 0 Å². The Kier molecular flexibility index (Phi) is 7.02. The van der Waals surface area contributed by atoms with E-state index >= 15 is 0 Å². The molecule has 138 valence electrons. The molecule has 1 aromatic heterocycles. The summed E-state index contributed by atoms with van der Waals surface area (Å²) in [6.45, 7) is 5.12. The van der Waals surface area contributed by atoms with E-state index in [2.05, 4.69) is 15.9 Å². The summed E-state index contributed by atoms with van der Waals surface area (Å²) >= 11 is 5.62.